The van der Waals surface area contributed by atoms with Gasteiger partial charge in [-0.05, 0) is 0 Å². The number of nitrogens with one attached hydrogen (secondary N) is 2. The monoisotopic (exact) mass is 211 g/mol. The molecule has 1 radical (unpaired) electrons. The highest BCUT2D eigenvalue weighted by Gasteiger charge is 2.39. The van der Waals surface area contributed by atoms with Crippen molar-refractivity contribution in [2.24, 2.45) is 0 Å². The van der Waals surface area contributed by atoms with Crippen molar-refractivity contribution >= 4 is 19.1 Å². The summed E-state index contributed by atoms with van der Waals surface area (Å²) >= 11 is 0. The Morgan fingerprint density at radius 1 is 0.867 bits per heavy atom. The summed E-state index contributed by atoms with van der Waals surface area (Å²) in [6.07, 6.45) is 0. The molecule has 0 aromatic rings. The average Bonchev–Trinajstić information content (AvgIpc) is 2.13. The van der Waals surface area contributed by atoms with Gasteiger partial charge in [0, 0.05) is 24.7 Å². The van der Waals surface area contributed by atoms with E-state index in [0.29, 0.717) is 0 Å². The van der Waals surface area contributed by atoms with Crippen LogP contribution in [-0.2, 0) is 9.59 Å². The van der Waals surface area contributed by atoms with Crippen LogP contribution in [0.4, 0.5) is 0 Å². The van der Waals surface area contributed by atoms with Crippen molar-refractivity contribution < 1.29 is 9.59 Å². The van der Waals surface area contributed by atoms with Gasteiger partial charge in [0.25, 0.3) is 0 Å². The van der Waals surface area contributed by atoms with Crippen LogP contribution < -0.4 is 10.6 Å². The van der Waals surface area contributed by atoms with Gasteiger partial charge in [-0.2, -0.15) is 0 Å². The third-order valence-electron chi connectivity index (χ3n) is 2.35. The second-order valence-corrected chi connectivity index (χ2v) is 4.75. The van der Waals surface area contributed by atoms with E-state index in [4.69, 9.17) is 0 Å². The Kier molecular flexibility index (Phi) is 4.37. The highest BCUT2D eigenvalue weighted by atomic mass is 16.2. The fourth-order valence-corrected chi connectivity index (χ4v) is 1.68. The van der Waals surface area contributed by atoms with E-state index in [9.17, 15) is 9.59 Å². The molecule has 85 valence electrons. The van der Waals surface area contributed by atoms with Crippen LogP contribution in [0.2, 0.25) is 10.6 Å². The number of amides is 2. The first-order valence-electron chi connectivity index (χ1n) is 4.99. The molecule has 2 amide bonds. The molecule has 2 N–H and O–H groups in total. The van der Waals surface area contributed by atoms with Crippen molar-refractivity contribution in [3.05, 3.63) is 0 Å². The summed E-state index contributed by atoms with van der Waals surface area (Å²) in [5, 5.41) is 3.84. The van der Waals surface area contributed by atoms with Crippen molar-refractivity contribution in [3.63, 3.8) is 0 Å². The molecule has 0 aliphatic carbocycles. The topological polar surface area (TPSA) is 58.2 Å². The molecule has 0 spiro atoms. The first-order chi connectivity index (χ1) is 6.67. The molecule has 0 aliphatic rings. The molecular formula is C10H20BN2O2. The van der Waals surface area contributed by atoms with Gasteiger partial charge < -0.3 is 10.6 Å². The second-order valence-electron chi connectivity index (χ2n) is 4.75. The Morgan fingerprint density at radius 3 is 1.33 bits per heavy atom. The van der Waals surface area contributed by atoms with Gasteiger partial charge in [-0.3, -0.25) is 9.59 Å². The molecule has 0 atom stereocenters. The number of carbonyl (C=O) groups is 2. The van der Waals surface area contributed by atoms with E-state index in [0.717, 1.165) is 0 Å². The zero-order valence-electron chi connectivity index (χ0n) is 10.4. The highest BCUT2D eigenvalue weighted by molar-refractivity contribution is 6.55. The smallest absolute Gasteiger partial charge is 0.217 e. The lowest BCUT2D eigenvalue weighted by Gasteiger charge is -2.31. The van der Waals surface area contributed by atoms with Gasteiger partial charge in [-0.15, -0.1) is 0 Å². The molecule has 0 saturated heterocycles. The van der Waals surface area contributed by atoms with Crippen LogP contribution in [-0.4, -0.2) is 33.2 Å². The minimum Gasteiger partial charge on any atom is -0.359 e. The maximum Gasteiger partial charge on any atom is 0.217 e. The lowest BCUT2D eigenvalue weighted by Crippen LogP contribution is -2.42. The van der Waals surface area contributed by atoms with E-state index in [1.165, 1.54) is 0 Å². The Morgan fingerprint density at radius 2 is 1.13 bits per heavy atom. The SMILES string of the molecule is CNC(=O)C(C)(C)[B]C(C)(C)C(=O)NC. The number of hydrogen-bond donors (Lipinski definition) is 2. The Hall–Kier alpha value is -0.995. The van der Waals surface area contributed by atoms with Crippen LogP contribution in [0.25, 0.3) is 0 Å². The van der Waals surface area contributed by atoms with E-state index in [2.05, 4.69) is 10.6 Å². The van der Waals surface area contributed by atoms with Gasteiger partial charge in [-0.25, -0.2) is 0 Å². The first kappa shape index (κ1) is 14.0. The molecule has 5 heteroatoms. The molecule has 0 rings (SSSR count). The quantitative estimate of drug-likeness (QED) is 0.668. The average molecular weight is 211 g/mol. The van der Waals surface area contributed by atoms with Gasteiger partial charge in [-0.1, -0.05) is 27.7 Å². The van der Waals surface area contributed by atoms with E-state index in [-0.39, 0.29) is 11.8 Å². The van der Waals surface area contributed by atoms with Crippen molar-refractivity contribution in [3.8, 4) is 0 Å². The summed E-state index contributed by atoms with van der Waals surface area (Å²) in [7, 11) is 4.94. The van der Waals surface area contributed by atoms with E-state index in [1.807, 2.05) is 0 Å². The molecule has 0 bridgehead atoms. The zero-order chi connectivity index (χ0) is 12.3. The fourth-order valence-electron chi connectivity index (χ4n) is 1.68. The van der Waals surface area contributed by atoms with Crippen LogP contribution >= 0.6 is 0 Å². The standard InChI is InChI=1S/C10H20BN2O2/c1-9(2,7(14)12-5)11-10(3,4)8(15)13-6/h1-6H3,(H,12,14)(H,13,15). The molecule has 0 unspecified atom stereocenters. The molecule has 0 fully saturated rings. The first-order valence-corrected chi connectivity index (χ1v) is 4.99. The maximum absolute atomic E-state index is 11.5. The predicted octanol–water partition coefficient (Wildman–Crippen LogP) is 0.580. The van der Waals surface area contributed by atoms with Crippen LogP contribution in [0.1, 0.15) is 27.7 Å². The Balaban J connectivity index is 4.71. The minimum absolute atomic E-state index is 0.0977. The number of rotatable bonds is 4. The van der Waals surface area contributed by atoms with E-state index in [1.54, 1.807) is 49.1 Å². The fraction of sp³-hybridized carbons (Fsp3) is 0.800. The minimum atomic E-state index is -0.662. The van der Waals surface area contributed by atoms with Gasteiger partial charge in [0.05, 0.1) is 0 Å². The van der Waals surface area contributed by atoms with Crippen molar-refractivity contribution in [1.82, 2.24) is 10.6 Å². The van der Waals surface area contributed by atoms with Crippen LogP contribution in [0.15, 0.2) is 0 Å². The second kappa shape index (κ2) is 4.68. The van der Waals surface area contributed by atoms with Crippen LogP contribution in [0.5, 0.6) is 0 Å². The Bertz CT molecular complexity index is 236. The third-order valence-corrected chi connectivity index (χ3v) is 2.35. The van der Waals surface area contributed by atoms with Crippen molar-refractivity contribution in [2.75, 3.05) is 14.1 Å². The molecule has 0 saturated carbocycles. The van der Waals surface area contributed by atoms with Crippen molar-refractivity contribution in [2.45, 2.75) is 38.3 Å². The molecule has 0 aromatic carbocycles. The molecule has 4 nitrogen and oxygen atoms in total. The molecular weight excluding hydrogens is 191 g/mol. The largest absolute Gasteiger partial charge is 0.359 e. The lowest BCUT2D eigenvalue weighted by molar-refractivity contribution is -0.123. The van der Waals surface area contributed by atoms with E-state index >= 15 is 0 Å². The molecule has 0 aliphatic heterocycles. The normalized spacial score (nSPS) is 11.9. The Labute approximate surface area is 92.4 Å². The summed E-state index contributed by atoms with van der Waals surface area (Å²) < 4.78 is 0. The number of carbonyl (C=O) groups excluding carboxylic acids is 2. The zero-order valence-corrected chi connectivity index (χ0v) is 10.4. The highest BCUT2D eigenvalue weighted by Crippen LogP contribution is 2.35. The summed E-state index contributed by atoms with van der Waals surface area (Å²) in [5.74, 6) is -0.195. The summed E-state index contributed by atoms with van der Waals surface area (Å²) in [5.41, 5.74) is 0. The molecule has 15 heavy (non-hydrogen) atoms. The molecule has 0 heterocycles. The summed E-state index contributed by atoms with van der Waals surface area (Å²) in [6, 6.07) is 0. The van der Waals surface area contributed by atoms with Crippen LogP contribution in [0.3, 0.4) is 0 Å². The van der Waals surface area contributed by atoms with Gasteiger partial charge in [0.15, 0.2) is 0 Å². The number of hydrogen-bond acceptors (Lipinski definition) is 2. The van der Waals surface area contributed by atoms with Gasteiger partial charge in [0.1, 0.15) is 7.28 Å². The lowest BCUT2D eigenvalue weighted by atomic mass is 9.40. The van der Waals surface area contributed by atoms with Crippen molar-refractivity contribution in [1.29, 1.82) is 0 Å². The van der Waals surface area contributed by atoms with Gasteiger partial charge >= 0.3 is 0 Å². The maximum atomic E-state index is 11.5. The summed E-state index contributed by atoms with van der Waals surface area (Å²) in [4.78, 5) is 23.1. The predicted molar refractivity (Wildman–Crippen MR) is 62.0 cm³/mol. The molecule has 0 aromatic heterocycles. The van der Waals surface area contributed by atoms with E-state index < -0.39 is 10.6 Å². The van der Waals surface area contributed by atoms with Gasteiger partial charge in [0.2, 0.25) is 11.8 Å². The van der Waals surface area contributed by atoms with Crippen LogP contribution in [0, 0.1) is 0 Å². The summed E-state index contributed by atoms with van der Waals surface area (Å²) in [6.45, 7) is 7.15. The third kappa shape index (κ3) is 3.57.